The minimum atomic E-state index is -0.405. The highest BCUT2D eigenvalue weighted by Crippen LogP contribution is 2.30. The quantitative estimate of drug-likeness (QED) is 0.746. The van der Waals surface area contributed by atoms with Crippen LogP contribution in [0.1, 0.15) is 6.92 Å². The van der Waals surface area contributed by atoms with Gasteiger partial charge in [-0.25, -0.2) is 0 Å². The Morgan fingerprint density at radius 1 is 1.08 bits per heavy atom. The maximum Gasteiger partial charge on any atom is 0.246 e. The third-order valence-electron chi connectivity index (χ3n) is 3.52. The molecule has 0 fully saturated rings. The number of benzene rings is 2. The number of carbonyl (C=O) groups excluding carboxylic acids is 1. The Balaban J connectivity index is 2.06. The first-order valence-corrected chi connectivity index (χ1v) is 8.74. The molecular formula is C18H22N2O3S. The molecule has 6 heteroatoms. The molecule has 1 amide bonds. The van der Waals surface area contributed by atoms with E-state index in [0.29, 0.717) is 11.5 Å². The van der Waals surface area contributed by atoms with E-state index in [1.807, 2.05) is 43.5 Å². The number of nitrogens with one attached hydrogen (secondary N) is 2. The zero-order chi connectivity index (χ0) is 17.5. The Hall–Kier alpha value is -2.34. The number of methoxy groups -OCH3 is 2. The van der Waals surface area contributed by atoms with E-state index in [2.05, 4.69) is 10.6 Å². The molecule has 0 heterocycles. The summed E-state index contributed by atoms with van der Waals surface area (Å²) in [5.74, 6) is 1.16. The molecule has 0 spiro atoms. The largest absolute Gasteiger partial charge is 0.493 e. The zero-order valence-corrected chi connectivity index (χ0v) is 15.1. The number of amides is 1. The van der Waals surface area contributed by atoms with Crippen molar-refractivity contribution in [3.63, 3.8) is 0 Å². The van der Waals surface area contributed by atoms with Gasteiger partial charge in [0.25, 0.3) is 0 Å². The van der Waals surface area contributed by atoms with Crippen LogP contribution in [0.2, 0.25) is 0 Å². The van der Waals surface area contributed by atoms with Gasteiger partial charge in [0.1, 0.15) is 6.04 Å². The molecule has 0 saturated heterocycles. The molecule has 5 nitrogen and oxygen atoms in total. The SMILES string of the molecule is COc1ccc(N[C@H](C)C(=O)Nc2ccccc2SC)cc1OC. The lowest BCUT2D eigenvalue weighted by Gasteiger charge is -2.17. The van der Waals surface area contributed by atoms with E-state index in [-0.39, 0.29) is 5.91 Å². The molecule has 0 saturated carbocycles. The van der Waals surface area contributed by atoms with Crippen LogP contribution >= 0.6 is 11.8 Å². The fourth-order valence-electron chi connectivity index (χ4n) is 2.23. The van der Waals surface area contributed by atoms with Crippen LogP contribution in [0.4, 0.5) is 11.4 Å². The van der Waals surface area contributed by atoms with E-state index in [1.54, 1.807) is 38.1 Å². The monoisotopic (exact) mass is 346 g/mol. The summed E-state index contributed by atoms with van der Waals surface area (Å²) in [6.45, 7) is 1.81. The second-order valence-electron chi connectivity index (χ2n) is 5.13. The summed E-state index contributed by atoms with van der Waals surface area (Å²) in [4.78, 5) is 13.5. The Kier molecular flexibility index (Phi) is 6.37. The van der Waals surface area contributed by atoms with E-state index in [9.17, 15) is 4.79 Å². The summed E-state index contributed by atoms with van der Waals surface area (Å²) in [5, 5.41) is 6.13. The van der Waals surface area contributed by atoms with Crippen molar-refractivity contribution in [2.75, 3.05) is 31.1 Å². The van der Waals surface area contributed by atoms with Crippen molar-refractivity contribution < 1.29 is 14.3 Å². The fourth-order valence-corrected chi connectivity index (χ4v) is 2.78. The van der Waals surface area contributed by atoms with Crippen LogP contribution in [0.15, 0.2) is 47.4 Å². The molecule has 1 atom stereocenters. The predicted octanol–water partition coefficient (Wildman–Crippen LogP) is 3.86. The second kappa shape index (κ2) is 8.49. The predicted molar refractivity (Wildman–Crippen MR) is 99.5 cm³/mol. The van der Waals surface area contributed by atoms with Gasteiger partial charge in [0, 0.05) is 16.6 Å². The zero-order valence-electron chi connectivity index (χ0n) is 14.3. The molecule has 2 N–H and O–H groups in total. The Morgan fingerprint density at radius 3 is 2.46 bits per heavy atom. The van der Waals surface area contributed by atoms with Gasteiger partial charge >= 0.3 is 0 Å². The number of hydrogen-bond donors (Lipinski definition) is 2. The average Bonchev–Trinajstić information content (AvgIpc) is 2.61. The molecule has 0 radical (unpaired) electrons. The molecule has 0 aliphatic heterocycles. The maximum atomic E-state index is 12.4. The lowest BCUT2D eigenvalue weighted by atomic mass is 10.2. The first-order valence-electron chi connectivity index (χ1n) is 7.51. The summed E-state index contributed by atoms with van der Waals surface area (Å²) in [6, 6.07) is 12.8. The molecule has 24 heavy (non-hydrogen) atoms. The topological polar surface area (TPSA) is 59.6 Å². The van der Waals surface area contributed by atoms with Gasteiger partial charge in [0.2, 0.25) is 5.91 Å². The minimum absolute atomic E-state index is 0.105. The summed E-state index contributed by atoms with van der Waals surface area (Å²) in [6.07, 6.45) is 1.98. The van der Waals surface area contributed by atoms with Crippen LogP contribution < -0.4 is 20.1 Å². The van der Waals surface area contributed by atoms with Gasteiger partial charge in [-0.15, -0.1) is 11.8 Å². The van der Waals surface area contributed by atoms with Gasteiger partial charge in [-0.1, -0.05) is 12.1 Å². The van der Waals surface area contributed by atoms with E-state index in [0.717, 1.165) is 16.3 Å². The molecule has 2 rings (SSSR count). The molecule has 2 aromatic rings. The fraction of sp³-hybridized carbons (Fsp3) is 0.278. The minimum Gasteiger partial charge on any atom is -0.493 e. The number of hydrogen-bond acceptors (Lipinski definition) is 5. The molecule has 0 aliphatic carbocycles. The summed E-state index contributed by atoms with van der Waals surface area (Å²) in [5.41, 5.74) is 1.60. The Labute approximate surface area is 146 Å². The van der Waals surface area contributed by atoms with Gasteiger partial charge in [0.15, 0.2) is 11.5 Å². The van der Waals surface area contributed by atoms with Crippen molar-refractivity contribution >= 4 is 29.0 Å². The van der Waals surface area contributed by atoms with Crippen LogP contribution in [-0.4, -0.2) is 32.4 Å². The lowest BCUT2D eigenvalue weighted by Crippen LogP contribution is -2.32. The standard InChI is InChI=1S/C18H22N2O3S/c1-12(18(21)20-14-7-5-6-8-17(14)24-4)19-13-9-10-15(22-2)16(11-13)23-3/h5-12,19H,1-4H3,(H,20,21)/t12-/m1/s1. The van der Waals surface area contributed by atoms with Gasteiger partial charge in [-0.05, 0) is 37.4 Å². The van der Waals surface area contributed by atoms with Gasteiger partial charge in [0.05, 0.1) is 19.9 Å². The number of para-hydroxylation sites is 1. The molecule has 0 bridgehead atoms. The smallest absolute Gasteiger partial charge is 0.246 e. The lowest BCUT2D eigenvalue weighted by molar-refractivity contribution is -0.116. The number of anilines is 2. The van der Waals surface area contributed by atoms with E-state index >= 15 is 0 Å². The third kappa shape index (κ3) is 4.35. The van der Waals surface area contributed by atoms with E-state index in [1.165, 1.54) is 0 Å². The number of thioether (sulfide) groups is 1. The van der Waals surface area contributed by atoms with Crippen LogP contribution in [0.5, 0.6) is 11.5 Å². The highest BCUT2D eigenvalue weighted by Gasteiger charge is 2.15. The number of ether oxygens (including phenoxy) is 2. The summed E-state index contributed by atoms with van der Waals surface area (Å²) >= 11 is 1.60. The van der Waals surface area contributed by atoms with E-state index in [4.69, 9.17) is 9.47 Å². The van der Waals surface area contributed by atoms with Crippen molar-refractivity contribution in [3.05, 3.63) is 42.5 Å². The molecule has 0 aliphatic rings. The highest BCUT2D eigenvalue weighted by atomic mass is 32.2. The van der Waals surface area contributed by atoms with Crippen molar-refractivity contribution in [3.8, 4) is 11.5 Å². The van der Waals surface area contributed by atoms with Crippen molar-refractivity contribution in [1.29, 1.82) is 0 Å². The van der Waals surface area contributed by atoms with Gasteiger partial charge in [-0.3, -0.25) is 4.79 Å². The third-order valence-corrected chi connectivity index (χ3v) is 4.32. The van der Waals surface area contributed by atoms with Crippen molar-refractivity contribution in [1.82, 2.24) is 0 Å². The second-order valence-corrected chi connectivity index (χ2v) is 5.97. The van der Waals surface area contributed by atoms with Gasteiger partial charge < -0.3 is 20.1 Å². The summed E-state index contributed by atoms with van der Waals surface area (Å²) in [7, 11) is 3.17. The highest BCUT2D eigenvalue weighted by molar-refractivity contribution is 7.98. The molecule has 0 unspecified atom stereocenters. The first kappa shape index (κ1) is 18.0. The average molecular weight is 346 g/mol. The first-order chi connectivity index (χ1) is 11.6. The number of carbonyl (C=O) groups is 1. The number of rotatable bonds is 7. The maximum absolute atomic E-state index is 12.4. The Bertz CT molecular complexity index is 706. The van der Waals surface area contributed by atoms with Crippen LogP contribution in [0, 0.1) is 0 Å². The molecule has 128 valence electrons. The van der Waals surface area contributed by atoms with Crippen LogP contribution in [0.25, 0.3) is 0 Å². The van der Waals surface area contributed by atoms with Crippen molar-refractivity contribution in [2.24, 2.45) is 0 Å². The van der Waals surface area contributed by atoms with Gasteiger partial charge in [-0.2, -0.15) is 0 Å². The van der Waals surface area contributed by atoms with Crippen LogP contribution in [0.3, 0.4) is 0 Å². The summed E-state index contributed by atoms with van der Waals surface area (Å²) < 4.78 is 10.5. The van der Waals surface area contributed by atoms with E-state index < -0.39 is 6.04 Å². The molecular weight excluding hydrogens is 324 g/mol. The molecule has 2 aromatic carbocycles. The van der Waals surface area contributed by atoms with Crippen LogP contribution in [-0.2, 0) is 4.79 Å². The molecule has 0 aromatic heterocycles. The Morgan fingerprint density at radius 2 is 1.79 bits per heavy atom. The normalized spacial score (nSPS) is 11.5. The van der Waals surface area contributed by atoms with Crippen molar-refractivity contribution in [2.45, 2.75) is 17.9 Å².